The molecule has 0 radical (unpaired) electrons. The van der Waals surface area contributed by atoms with Crippen LogP contribution in [0.2, 0.25) is 0 Å². The highest BCUT2D eigenvalue weighted by molar-refractivity contribution is 7.98. The van der Waals surface area contributed by atoms with Crippen LogP contribution >= 0.6 is 34.4 Å². The lowest BCUT2D eigenvalue weighted by Gasteiger charge is -2.19. The Bertz CT molecular complexity index is 436. The fourth-order valence-electron chi connectivity index (χ4n) is 2.08. The van der Waals surface area contributed by atoms with Crippen LogP contribution in [0.1, 0.15) is 22.7 Å². The Morgan fingerprint density at radius 2 is 2.00 bits per heavy atom. The topological polar surface area (TPSA) is 12.0 Å². The lowest BCUT2D eigenvalue weighted by Crippen LogP contribution is -2.28. The third-order valence-corrected chi connectivity index (χ3v) is 5.82. The largest absolute Gasteiger partial charge is 0.309 e. The summed E-state index contributed by atoms with van der Waals surface area (Å²) in [6, 6.07) is 9.23. The predicted octanol–water partition coefficient (Wildman–Crippen LogP) is 4.68. The molecule has 1 N–H and O–H groups in total. The Balaban J connectivity index is 1.95. The molecule has 0 aliphatic rings. The van der Waals surface area contributed by atoms with Crippen LogP contribution in [0.15, 0.2) is 35.0 Å². The highest BCUT2D eigenvalue weighted by Gasteiger charge is 2.14. The van der Waals surface area contributed by atoms with E-state index in [2.05, 4.69) is 53.5 Å². The van der Waals surface area contributed by atoms with Gasteiger partial charge in [-0.1, -0.05) is 19.1 Å². The lowest BCUT2D eigenvalue weighted by atomic mass is 10.1. The highest BCUT2D eigenvalue weighted by Crippen LogP contribution is 2.25. The van der Waals surface area contributed by atoms with Crippen molar-refractivity contribution >= 4 is 34.4 Å². The van der Waals surface area contributed by atoms with E-state index < -0.39 is 0 Å². The normalized spacial score (nSPS) is 14.4. The van der Waals surface area contributed by atoms with E-state index in [4.69, 9.17) is 0 Å². The van der Waals surface area contributed by atoms with Crippen LogP contribution in [0.25, 0.3) is 0 Å². The summed E-state index contributed by atoms with van der Waals surface area (Å²) in [6.07, 6.45) is 3.28. The van der Waals surface area contributed by atoms with Gasteiger partial charge in [-0.2, -0.15) is 11.8 Å². The SMILES string of the molecule is CSCC(C)CNC(Cc1cccs1)c1cccs1. The molecule has 0 bridgehead atoms. The van der Waals surface area contributed by atoms with Crippen LogP contribution in [0, 0.1) is 5.92 Å². The molecule has 104 valence electrons. The van der Waals surface area contributed by atoms with Gasteiger partial charge in [0, 0.05) is 22.2 Å². The van der Waals surface area contributed by atoms with Crippen LogP contribution in [-0.4, -0.2) is 18.6 Å². The maximum absolute atomic E-state index is 3.75. The summed E-state index contributed by atoms with van der Waals surface area (Å²) in [7, 11) is 0. The Morgan fingerprint density at radius 3 is 2.63 bits per heavy atom. The maximum Gasteiger partial charge on any atom is 0.0463 e. The van der Waals surface area contributed by atoms with Crippen molar-refractivity contribution in [3.63, 3.8) is 0 Å². The zero-order valence-electron chi connectivity index (χ0n) is 11.5. The molecular formula is C15H21NS3. The van der Waals surface area contributed by atoms with E-state index in [9.17, 15) is 0 Å². The minimum atomic E-state index is 0.461. The molecule has 2 unspecified atom stereocenters. The molecule has 0 saturated heterocycles. The Kier molecular flexibility index (Phi) is 6.44. The number of thiophene rings is 2. The second-order valence-electron chi connectivity index (χ2n) is 4.82. The molecule has 2 aromatic heterocycles. The van der Waals surface area contributed by atoms with Gasteiger partial charge >= 0.3 is 0 Å². The quantitative estimate of drug-likeness (QED) is 0.759. The van der Waals surface area contributed by atoms with Gasteiger partial charge in [0.2, 0.25) is 0 Å². The third-order valence-electron chi connectivity index (χ3n) is 3.04. The van der Waals surface area contributed by atoms with Gasteiger partial charge in [0.15, 0.2) is 0 Å². The van der Waals surface area contributed by atoms with Crippen molar-refractivity contribution in [2.45, 2.75) is 19.4 Å². The van der Waals surface area contributed by atoms with Gasteiger partial charge in [-0.25, -0.2) is 0 Å². The van der Waals surface area contributed by atoms with E-state index in [0.717, 1.165) is 18.9 Å². The van der Waals surface area contributed by atoms with E-state index in [1.165, 1.54) is 15.5 Å². The second-order valence-corrected chi connectivity index (χ2v) is 7.74. The molecule has 0 amide bonds. The van der Waals surface area contributed by atoms with Gasteiger partial charge in [-0.15, -0.1) is 22.7 Å². The Hall–Kier alpha value is -0.290. The van der Waals surface area contributed by atoms with Crippen molar-refractivity contribution in [2.24, 2.45) is 5.92 Å². The van der Waals surface area contributed by atoms with Crippen LogP contribution in [-0.2, 0) is 6.42 Å². The fourth-order valence-corrected chi connectivity index (χ4v) is 4.32. The molecule has 0 saturated carbocycles. The van der Waals surface area contributed by atoms with Gasteiger partial charge < -0.3 is 5.32 Å². The number of nitrogens with one attached hydrogen (secondary N) is 1. The maximum atomic E-state index is 3.75. The first-order chi connectivity index (χ1) is 9.29. The molecule has 1 nitrogen and oxygen atoms in total. The van der Waals surface area contributed by atoms with E-state index in [1.54, 1.807) is 0 Å². The summed E-state index contributed by atoms with van der Waals surface area (Å²) in [5.74, 6) is 1.95. The first-order valence-corrected chi connectivity index (χ1v) is 9.73. The standard InChI is InChI=1S/C15H21NS3/c1-12(11-17-2)10-16-14(15-6-4-8-19-15)9-13-5-3-7-18-13/h3-8,12,14,16H,9-11H2,1-2H3. The lowest BCUT2D eigenvalue weighted by molar-refractivity contribution is 0.482. The summed E-state index contributed by atoms with van der Waals surface area (Å²) in [4.78, 5) is 2.91. The van der Waals surface area contributed by atoms with Crippen molar-refractivity contribution in [1.29, 1.82) is 0 Å². The molecule has 19 heavy (non-hydrogen) atoms. The van der Waals surface area contributed by atoms with Gasteiger partial charge in [0.1, 0.15) is 0 Å². The predicted molar refractivity (Wildman–Crippen MR) is 90.6 cm³/mol. The van der Waals surface area contributed by atoms with Gasteiger partial charge in [-0.3, -0.25) is 0 Å². The third kappa shape index (κ3) is 4.95. The summed E-state index contributed by atoms with van der Waals surface area (Å²) in [6.45, 7) is 3.41. The Labute approximate surface area is 128 Å². The van der Waals surface area contributed by atoms with Gasteiger partial charge in [0.25, 0.3) is 0 Å². The van der Waals surface area contributed by atoms with Crippen molar-refractivity contribution < 1.29 is 0 Å². The summed E-state index contributed by atoms with van der Waals surface area (Å²) in [5, 5.41) is 8.08. The van der Waals surface area contributed by atoms with Gasteiger partial charge in [0.05, 0.1) is 0 Å². The monoisotopic (exact) mass is 311 g/mol. The minimum Gasteiger partial charge on any atom is -0.309 e. The average molecular weight is 312 g/mol. The van der Waals surface area contributed by atoms with Crippen molar-refractivity contribution in [3.05, 3.63) is 44.8 Å². The van der Waals surface area contributed by atoms with E-state index in [1.807, 2.05) is 34.4 Å². The van der Waals surface area contributed by atoms with E-state index in [0.29, 0.717) is 6.04 Å². The summed E-state index contributed by atoms with van der Waals surface area (Å²) >= 11 is 5.64. The highest BCUT2D eigenvalue weighted by atomic mass is 32.2. The number of hydrogen-bond acceptors (Lipinski definition) is 4. The zero-order valence-corrected chi connectivity index (χ0v) is 13.9. The smallest absolute Gasteiger partial charge is 0.0463 e. The number of thioether (sulfide) groups is 1. The van der Waals surface area contributed by atoms with Crippen molar-refractivity contribution in [3.8, 4) is 0 Å². The molecule has 2 atom stereocenters. The fraction of sp³-hybridized carbons (Fsp3) is 0.467. The van der Waals surface area contributed by atoms with E-state index in [-0.39, 0.29) is 0 Å². The molecule has 2 rings (SSSR count). The second kappa shape index (κ2) is 8.10. The van der Waals surface area contributed by atoms with Crippen LogP contribution < -0.4 is 5.32 Å². The van der Waals surface area contributed by atoms with Crippen molar-refractivity contribution in [2.75, 3.05) is 18.6 Å². The van der Waals surface area contributed by atoms with Crippen LogP contribution in [0.5, 0.6) is 0 Å². The molecule has 0 spiro atoms. The molecule has 0 fully saturated rings. The number of rotatable bonds is 8. The van der Waals surface area contributed by atoms with Crippen LogP contribution in [0.3, 0.4) is 0 Å². The molecule has 0 aliphatic heterocycles. The molecule has 2 heterocycles. The number of hydrogen-bond donors (Lipinski definition) is 1. The zero-order chi connectivity index (χ0) is 13.5. The molecular weight excluding hydrogens is 290 g/mol. The minimum absolute atomic E-state index is 0.461. The van der Waals surface area contributed by atoms with Crippen molar-refractivity contribution in [1.82, 2.24) is 5.32 Å². The Morgan fingerprint density at radius 1 is 1.21 bits per heavy atom. The molecule has 0 aromatic carbocycles. The molecule has 2 aromatic rings. The molecule has 0 aliphatic carbocycles. The summed E-state index contributed by atoms with van der Waals surface area (Å²) < 4.78 is 0. The first-order valence-electron chi connectivity index (χ1n) is 6.57. The average Bonchev–Trinajstić information content (AvgIpc) is 3.07. The van der Waals surface area contributed by atoms with Crippen LogP contribution in [0.4, 0.5) is 0 Å². The molecule has 4 heteroatoms. The summed E-state index contributed by atoms with van der Waals surface area (Å²) in [5.41, 5.74) is 0. The van der Waals surface area contributed by atoms with E-state index >= 15 is 0 Å². The first kappa shape index (κ1) is 15.1. The van der Waals surface area contributed by atoms with Gasteiger partial charge in [-0.05, 0) is 47.4 Å².